The number of nitrogens with zero attached hydrogens (tertiary/aromatic N) is 2. The molecule has 0 spiro atoms. The molecule has 0 amide bonds. The lowest BCUT2D eigenvalue weighted by Gasteiger charge is -2.33. The lowest BCUT2D eigenvalue weighted by Crippen LogP contribution is -2.45. The van der Waals surface area contributed by atoms with Crippen LogP contribution in [0.5, 0.6) is 0 Å². The maximum Gasteiger partial charge on any atom is 0.189 e. The molecule has 0 saturated carbocycles. The highest BCUT2D eigenvalue weighted by atomic mass is 32.1. The molecule has 0 aliphatic carbocycles. The van der Waals surface area contributed by atoms with Crippen LogP contribution in [0.15, 0.2) is 17.1 Å². The molecule has 2 heterocycles. The van der Waals surface area contributed by atoms with Crippen LogP contribution in [0.25, 0.3) is 0 Å². The Labute approximate surface area is 137 Å². The van der Waals surface area contributed by atoms with E-state index in [-0.39, 0.29) is 11.6 Å². The molecule has 1 atom stereocenters. The molecule has 0 aromatic carbocycles. The molecule has 5 nitrogen and oxygen atoms in total. The van der Waals surface area contributed by atoms with Gasteiger partial charge in [-0.05, 0) is 39.8 Å². The monoisotopic (exact) mass is 324 g/mol. The van der Waals surface area contributed by atoms with Gasteiger partial charge in [0.1, 0.15) is 0 Å². The van der Waals surface area contributed by atoms with E-state index in [0.29, 0.717) is 12.5 Å². The molecule has 3 N–H and O–H groups in total. The molecule has 1 aromatic rings. The summed E-state index contributed by atoms with van der Waals surface area (Å²) in [5.41, 5.74) is 5.95. The number of aryl methyl sites for hydroxylation is 1. The quantitative estimate of drug-likeness (QED) is 0.658. The zero-order valence-corrected chi connectivity index (χ0v) is 14.9. The first-order chi connectivity index (χ1) is 10.3. The Morgan fingerprint density at radius 3 is 2.64 bits per heavy atom. The summed E-state index contributed by atoms with van der Waals surface area (Å²) in [4.78, 5) is 9.71. The minimum Gasteiger partial charge on any atom is -0.379 e. The van der Waals surface area contributed by atoms with Crippen molar-refractivity contribution in [2.75, 3.05) is 32.8 Å². The summed E-state index contributed by atoms with van der Waals surface area (Å²) in [6.45, 7) is 12.5. The molecule has 1 fully saturated rings. The number of guanidine groups is 1. The highest BCUT2D eigenvalue weighted by molar-refractivity contribution is 7.12. The van der Waals surface area contributed by atoms with Crippen molar-refractivity contribution in [3.8, 4) is 0 Å². The van der Waals surface area contributed by atoms with Crippen molar-refractivity contribution < 1.29 is 4.74 Å². The molecule has 22 heavy (non-hydrogen) atoms. The first-order valence-corrected chi connectivity index (χ1v) is 8.63. The van der Waals surface area contributed by atoms with Gasteiger partial charge in [-0.2, -0.15) is 0 Å². The van der Waals surface area contributed by atoms with Gasteiger partial charge in [-0.15, -0.1) is 11.3 Å². The second-order valence-corrected chi connectivity index (χ2v) is 8.03. The number of nitrogens with one attached hydrogen (secondary N) is 1. The number of thiophene rings is 1. The number of nitrogens with two attached hydrogens (primary N) is 1. The van der Waals surface area contributed by atoms with Crippen molar-refractivity contribution in [2.24, 2.45) is 10.7 Å². The number of hydrogen-bond donors (Lipinski definition) is 2. The summed E-state index contributed by atoms with van der Waals surface area (Å²) in [5, 5.41) is 3.22. The van der Waals surface area contributed by atoms with Crippen molar-refractivity contribution >= 4 is 17.3 Å². The molecule has 0 bridgehead atoms. The molecule has 1 aliphatic rings. The molecular weight excluding hydrogens is 296 g/mol. The summed E-state index contributed by atoms with van der Waals surface area (Å²) in [7, 11) is 0. The van der Waals surface area contributed by atoms with E-state index in [2.05, 4.69) is 55.0 Å². The summed E-state index contributed by atoms with van der Waals surface area (Å²) >= 11 is 1.84. The largest absolute Gasteiger partial charge is 0.379 e. The first-order valence-electron chi connectivity index (χ1n) is 7.81. The minimum atomic E-state index is -0.0679. The minimum absolute atomic E-state index is 0.0679. The lowest BCUT2D eigenvalue weighted by molar-refractivity contribution is 0.0186. The average Bonchev–Trinajstić information content (AvgIpc) is 2.85. The molecule has 1 unspecified atom stereocenters. The summed E-state index contributed by atoms with van der Waals surface area (Å²) < 4.78 is 5.47. The number of hydrogen-bond acceptors (Lipinski definition) is 4. The Balaban J connectivity index is 2.09. The second-order valence-electron chi connectivity index (χ2n) is 6.71. The van der Waals surface area contributed by atoms with Gasteiger partial charge < -0.3 is 15.8 Å². The van der Waals surface area contributed by atoms with Crippen LogP contribution < -0.4 is 11.1 Å². The third-order valence-corrected chi connectivity index (χ3v) is 4.62. The standard InChI is InChI=1S/C16H28N4OS/c1-12-5-6-14(22-12)13(20-7-9-21-10-8-20)11-18-15(17)19-16(2,3)4/h5-6,13H,7-11H2,1-4H3,(H3,17,18,19). The van der Waals surface area contributed by atoms with E-state index in [1.165, 1.54) is 9.75 Å². The molecule has 1 aliphatic heterocycles. The molecule has 6 heteroatoms. The van der Waals surface area contributed by atoms with E-state index >= 15 is 0 Å². The second kappa shape index (κ2) is 7.44. The van der Waals surface area contributed by atoms with Gasteiger partial charge >= 0.3 is 0 Å². The van der Waals surface area contributed by atoms with Crippen molar-refractivity contribution in [1.29, 1.82) is 0 Å². The summed E-state index contributed by atoms with van der Waals surface area (Å²) in [6, 6.07) is 4.67. The van der Waals surface area contributed by atoms with E-state index in [1.807, 2.05) is 11.3 Å². The van der Waals surface area contributed by atoms with Crippen molar-refractivity contribution in [2.45, 2.75) is 39.3 Å². The molecule has 0 radical (unpaired) electrons. The topological polar surface area (TPSA) is 62.9 Å². The predicted octanol–water partition coefficient (Wildman–Crippen LogP) is 2.13. The van der Waals surface area contributed by atoms with Gasteiger partial charge in [0.05, 0.1) is 25.8 Å². The molecular formula is C16H28N4OS. The third-order valence-electron chi connectivity index (χ3n) is 3.51. The van der Waals surface area contributed by atoms with Crippen LogP contribution in [-0.2, 0) is 4.74 Å². The van der Waals surface area contributed by atoms with E-state index in [9.17, 15) is 0 Å². The smallest absolute Gasteiger partial charge is 0.189 e. The van der Waals surface area contributed by atoms with E-state index < -0.39 is 0 Å². The lowest BCUT2D eigenvalue weighted by atomic mass is 10.1. The fourth-order valence-electron chi connectivity index (χ4n) is 2.52. The zero-order chi connectivity index (χ0) is 16.2. The third kappa shape index (κ3) is 5.26. The Morgan fingerprint density at radius 1 is 1.41 bits per heavy atom. The predicted molar refractivity (Wildman–Crippen MR) is 93.6 cm³/mol. The molecule has 1 saturated heterocycles. The number of ether oxygens (including phenoxy) is 1. The van der Waals surface area contributed by atoms with Crippen LogP contribution in [0.3, 0.4) is 0 Å². The van der Waals surface area contributed by atoms with Gasteiger partial charge in [-0.1, -0.05) is 0 Å². The highest BCUT2D eigenvalue weighted by Gasteiger charge is 2.24. The fraction of sp³-hybridized carbons (Fsp3) is 0.688. The van der Waals surface area contributed by atoms with Crippen LogP contribution in [0.2, 0.25) is 0 Å². The number of aliphatic imine (C=N–C) groups is 1. The Bertz CT molecular complexity index is 500. The van der Waals surface area contributed by atoms with Crippen LogP contribution in [-0.4, -0.2) is 49.2 Å². The van der Waals surface area contributed by atoms with E-state index in [4.69, 9.17) is 10.5 Å². The molecule has 1 aromatic heterocycles. The van der Waals surface area contributed by atoms with E-state index in [0.717, 1.165) is 26.3 Å². The number of morpholine rings is 1. The molecule has 124 valence electrons. The van der Waals surface area contributed by atoms with E-state index in [1.54, 1.807) is 0 Å². The first kappa shape index (κ1) is 17.2. The van der Waals surface area contributed by atoms with Crippen molar-refractivity contribution in [1.82, 2.24) is 10.2 Å². The maximum atomic E-state index is 6.02. The van der Waals surface area contributed by atoms with Crippen LogP contribution >= 0.6 is 11.3 Å². The normalized spacial score (nSPS) is 19.2. The van der Waals surface area contributed by atoms with Crippen molar-refractivity contribution in [3.63, 3.8) is 0 Å². The van der Waals surface area contributed by atoms with Crippen molar-refractivity contribution in [3.05, 3.63) is 21.9 Å². The number of rotatable bonds is 4. The van der Waals surface area contributed by atoms with Gasteiger partial charge in [0.25, 0.3) is 0 Å². The molecule has 2 rings (SSSR count). The SMILES string of the molecule is Cc1ccc(C(CN=C(N)NC(C)(C)C)N2CCOCC2)s1. The van der Waals surface area contributed by atoms with Crippen LogP contribution in [0, 0.1) is 6.92 Å². The average molecular weight is 324 g/mol. The van der Waals surface area contributed by atoms with Gasteiger partial charge in [0.15, 0.2) is 5.96 Å². The zero-order valence-electron chi connectivity index (χ0n) is 14.1. The van der Waals surface area contributed by atoms with Crippen LogP contribution in [0.1, 0.15) is 36.6 Å². The van der Waals surface area contributed by atoms with Gasteiger partial charge in [-0.3, -0.25) is 9.89 Å². The van der Waals surface area contributed by atoms with Gasteiger partial charge in [-0.25, -0.2) is 0 Å². The Hall–Kier alpha value is -1.11. The fourth-order valence-corrected chi connectivity index (χ4v) is 3.52. The summed E-state index contributed by atoms with van der Waals surface area (Å²) in [5.74, 6) is 0.513. The van der Waals surface area contributed by atoms with Gasteiger partial charge in [0.2, 0.25) is 0 Å². The highest BCUT2D eigenvalue weighted by Crippen LogP contribution is 2.28. The van der Waals surface area contributed by atoms with Crippen LogP contribution in [0.4, 0.5) is 0 Å². The maximum absolute atomic E-state index is 6.02. The Morgan fingerprint density at radius 2 is 2.09 bits per heavy atom. The van der Waals surface area contributed by atoms with Gasteiger partial charge in [0, 0.05) is 28.4 Å². The Kier molecular flexibility index (Phi) is 5.83. The summed E-state index contributed by atoms with van der Waals surface area (Å²) in [6.07, 6.45) is 0.